The summed E-state index contributed by atoms with van der Waals surface area (Å²) < 4.78 is 6.75. The van der Waals surface area contributed by atoms with Gasteiger partial charge in [0.2, 0.25) is 0 Å². The van der Waals surface area contributed by atoms with E-state index in [9.17, 15) is 19.5 Å². The second-order valence-electron chi connectivity index (χ2n) is 15.0. The first kappa shape index (κ1) is 30.9. The molecule has 0 radical (unpaired) electrons. The molecule has 0 fully saturated rings. The van der Waals surface area contributed by atoms with E-state index in [1.165, 1.54) is 0 Å². The van der Waals surface area contributed by atoms with Crippen LogP contribution in [0, 0.1) is 10.8 Å². The molecule has 0 spiro atoms. The van der Waals surface area contributed by atoms with Gasteiger partial charge in [0.1, 0.15) is 12.4 Å². The first-order chi connectivity index (χ1) is 22.4. The van der Waals surface area contributed by atoms with Crippen LogP contribution in [-0.2, 0) is 21.0 Å². The van der Waals surface area contributed by atoms with E-state index < -0.39 is 11.9 Å². The molecule has 2 aliphatic carbocycles. The first-order valence-electron chi connectivity index (χ1n) is 16.6. The minimum atomic E-state index is -0.905. The monoisotopic (exact) mass is 627 g/mol. The van der Waals surface area contributed by atoms with E-state index in [0.717, 1.165) is 44.1 Å². The van der Waals surface area contributed by atoms with Crippen molar-refractivity contribution in [1.82, 2.24) is 4.90 Å². The van der Waals surface area contributed by atoms with Crippen LogP contribution in [0.2, 0.25) is 0 Å². The van der Waals surface area contributed by atoms with Gasteiger partial charge in [-0.2, -0.15) is 0 Å². The van der Waals surface area contributed by atoms with Crippen molar-refractivity contribution in [2.75, 3.05) is 6.54 Å². The third-order valence-corrected chi connectivity index (χ3v) is 10.1. The molecule has 1 aliphatic heterocycles. The summed E-state index contributed by atoms with van der Waals surface area (Å²) in [6, 6.07) is 26.6. The van der Waals surface area contributed by atoms with Crippen molar-refractivity contribution < 1.29 is 24.2 Å². The lowest BCUT2D eigenvalue weighted by molar-refractivity contribution is -0.137. The lowest BCUT2D eigenvalue weighted by Crippen LogP contribution is -2.45. The molecule has 4 aromatic carbocycles. The second kappa shape index (κ2) is 11.5. The number of carbonyl (C=O) groups excluding carboxylic acids is 2. The van der Waals surface area contributed by atoms with Gasteiger partial charge in [0.25, 0.3) is 0 Å². The zero-order valence-corrected chi connectivity index (χ0v) is 27.6. The minimum absolute atomic E-state index is 0.0127. The maximum absolute atomic E-state index is 14.4. The zero-order chi connectivity index (χ0) is 33.1. The summed E-state index contributed by atoms with van der Waals surface area (Å²) in [7, 11) is 0. The normalized spacial score (nSPS) is 19.3. The van der Waals surface area contributed by atoms with Gasteiger partial charge in [-0.15, -0.1) is 0 Å². The lowest BCUT2D eigenvalue weighted by atomic mass is 9.63. The number of aliphatic carboxylic acids is 1. The largest absolute Gasteiger partial charge is 0.489 e. The molecule has 0 amide bonds. The summed E-state index contributed by atoms with van der Waals surface area (Å²) in [5.41, 5.74) is 4.23. The maximum atomic E-state index is 14.4. The average molecular weight is 628 g/mol. The molecule has 0 saturated carbocycles. The van der Waals surface area contributed by atoms with Crippen LogP contribution in [0.1, 0.15) is 76.8 Å². The van der Waals surface area contributed by atoms with Crippen LogP contribution >= 0.6 is 0 Å². The van der Waals surface area contributed by atoms with Gasteiger partial charge >= 0.3 is 5.97 Å². The van der Waals surface area contributed by atoms with E-state index in [1.54, 1.807) is 0 Å². The third kappa shape index (κ3) is 5.64. The quantitative estimate of drug-likeness (QED) is 0.221. The number of ketones is 2. The van der Waals surface area contributed by atoms with Crippen LogP contribution in [0.5, 0.6) is 5.75 Å². The van der Waals surface area contributed by atoms with Crippen LogP contribution in [0.3, 0.4) is 0 Å². The summed E-state index contributed by atoms with van der Waals surface area (Å²) in [6.45, 7) is 8.91. The Bertz CT molecular complexity index is 1970. The molecule has 1 heterocycles. The fraction of sp³-hybridized carbons (Fsp3) is 0.341. The zero-order valence-electron chi connectivity index (χ0n) is 27.6. The van der Waals surface area contributed by atoms with Gasteiger partial charge < -0.3 is 14.7 Å². The predicted octanol–water partition coefficient (Wildman–Crippen LogP) is 8.73. The van der Waals surface area contributed by atoms with Gasteiger partial charge in [-0.05, 0) is 56.8 Å². The van der Waals surface area contributed by atoms with E-state index in [4.69, 9.17) is 4.74 Å². The van der Waals surface area contributed by atoms with Gasteiger partial charge in [-0.1, -0.05) is 100 Å². The van der Waals surface area contributed by atoms with E-state index in [2.05, 4.69) is 64.1 Å². The number of allylic oxidation sites excluding steroid dienone is 4. The fourth-order valence-electron chi connectivity index (χ4n) is 8.09. The van der Waals surface area contributed by atoms with E-state index in [1.807, 2.05) is 47.4 Å². The Balaban J connectivity index is 1.46. The van der Waals surface area contributed by atoms with Gasteiger partial charge in [-0.25, -0.2) is 0 Å². The average Bonchev–Trinajstić information content (AvgIpc) is 3.01. The van der Waals surface area contributed by atoms with Crippen LogP contribution in [0.25, 0.3) is 21.5 Å². The molecule has 6 heteroatoms. The van der Waals surface area contributed by atoms with E-state index in [0.29, 0.717) is 49.2 Å². The number of rotatable bonds is 7. The molecule has 47 heavy (non-hydrogen) atoms. The summed E-state index contributed by atoms with van der Waals surface area (Å²) >= 11 is 0. The topological polar surface area (TPSA) is 83.9 Å². The minimum Gasteiger partial charge on any atom is -0.489 e. The highest BCUT2D eigenvalue weighted by molar-refractivity contribution is 6.08. The maximum Gasteiger partial charge on any atom is 0.305 e. The Labute approximate surface area is 275 Å². The Morgan fingerprint density at radius 1 is 0.745 bits per heavy atom. The summed E-state index contributed by atoms with van der Waals surface area (Å²) in [5.74, 6) is -0.841. The molecule has 3 aliphatic rings. The Morgan fingerprint density at radius 3 is 1.91 bits per heavy atom. The lowest BCUT2D eigenvalue weighted by Gasteiger charge is -2.49. The van der Waals surface area contributed by atoms with Crippen molar-refractivity contribution in [2.24, 2.45) is 10.8 Å². The van der Waals surface area contributed by atoms with Crippen molar-refractivity contribution in [2.45, 2.75) is 72.3 Å². The number of hydrogen-bond donors (Lipinski definition) is 1. The van der Waals surface area contributed by atoms with Gasteiger partial charge in [0.05, 0.1) is 6.42 Å². The Kier molecular flexibility index (Phi) is 7.58. The molecular weight excluding hydrogens is 586 g/mol. The molecule has 1 N–H and O–H groups in total. The molecule has 0 bridgehead atoms. The molecule has 240 valence electrons. The fourth-order valence-corrected chi connectivity index (χ4v) is 8.09. The van der Waals surface area contributed by atoms with Gasteiger partial charge in [0, 0.05) is 53.4 Å². The molecule has 6 nitrogen and oxygen atoms in total. The molecule has 0 aromatic heterocycles. The highest BCUT2D eigenvalue weighted by Crippen LogP contribution is 2.56. The molecule has 0 atom stereocenters. The molecular formula is C41H41NO5. The smallest absolute Gasteiger partial charge is 0.305 e. The van der Waals surface area contributed by atoms with Gasteiger partial charge in [-0.3, -0.25) is 14.4 Å². The van der Waals surface area contributed by atoms with Crippen molar-refractivity contribution in [1.29, 1.82) is 0 Å². The summed E-state index contributed by atoms with van der Waals surface area (Å²) in [4.78, 5) is 42.8. The van der Waals surface area contributed by atoms with Crippen molar-refractivity contribution in [3.05, 3.63) is 113 Å². The molecule has 7 rings (SSSR count). The van der Waals surface area contributed by atoms with Crippen LogP contribution < -0.4 is 4.74 Å². The summed E-state index contributed by atoms with van der Waals surface area (Å²) in [5, 5.41) is 13.9. The standard InChI is InChI=1S/C41H41NO5/c1-40(2)20-30-37(32(43)22-40)39(38-31(42(30)19-18-35(45)46)21-41(3,4)23-33(38)44)36-29-15-8-6-11-26(29)16-17-34(36)47-24-27-13-9-12-25-10-5-7-14-28(25)27/h5-17,39H,18-24H2,1-4H3,(H,45,46). The number of ether oxygens (including phenoxy) is 1. The number of carbonyl (C=O) groups is 3. The molecule has 4 aromatic rings. The van der Waals surface area contributed by atoms with E-state index in [-0.39, 0.29) is 35.4 Å². The van der Waals surface area contributed by atoms with Crippen LogP contribution in [0.4, 0.5) is 0 Å². The Morgan fingerprint density at radius 2 is 1.30 bits per heavy atom. The number of carboxylic acid groups (broad SMARTS) is 1. The number of fused-ring (bicyclic) bond motifs is 2. The van der Waals surface area contributed by atoms with Crippen molar-refractivity contribution >= 4 is 39.1 Å². The molecule has 0 unspecified atom stereocenters. The van der Waals surface area contributed by atoms with Crippen molar-refractivity contribution in [3.63, 3.8) is 0 Å². The predicted molar refractivity (Wildman–Crippen MR) is 184 cm³/mol. The highest BCUT2D eigenvalue weighted by Gasteiger charge is 2.50. The number of carboxylic acids is 1. The summed E-state index contributed by atoms with van der Waals surface area (Å²) in [6.07, 6.45) is 1.86. The third-order valence-electron chi connectivity index (χ3n) is 10.1. The number of Topliss-reactive ketones (excluding diaryl/α,β-unsaturated/α-hetero) is 2. The number of benzene rings is 4. The SMILES string of the molecule is CC1(C)CC(=O)C2=C(C1)N(CCC(=O)O)C1=C(C(=O)CC(C)(C)C1)C2c1c(OCc2cccc3ccccc23)ccc2ccccc12. The number of nitrogens with zero attached hydrogens (tertiary/aromatic N) is 1. The number of hydrogen-bond acceptors (Lipinski definition) is 5. The molecule has 0 saturated heterocycles. The van der Waals surface area contributed by atoms with E-state index >= 15 is 0 Å². The second-order valence-corrected chi connectivity index (χ2v) is 15.0. The highest BCUT2D eigenvalue weighted by atomic mass is 16.5. The first-order valence-corrected chi connectivity index (χ1v) is 16.6. The van der Waals surface area contributed by atoms with Crippen LogP contribution in [-0.4, -0.2) is 34.1 Å². The van der Waals surface area contributed by atoms with Crippen LogP contribution in [0.15, 0.2) is 101 Å². The van der Waals surface area contributed by atoms with Gasteiger partial charge in [0.15, 0.2) is 11.6 Å². The Hall–Kier alpha value is -4.71. The van der Waals surface area contributed by atoms with Crippen molar-refractivity contribution in [3.8, 4) is 5.75 Å².